The summed E-state index contributed by atoms with van der Waals surface area (Å²) in [5.74, 6) is 1.76. The van der Waals surface area contributed by atoms with E-state index in [2.05, 4.69) is 181 Å². The van der Waals surface area contributed by atoms with Gasteiger partial charge >= 0.3 is 0 Å². The van der Waals surface area contributed by atoms with E-state index in [0.717, 1.165) is 70.4 Å². The molecule has 1 aliphatic carbocycles. The zero-order valence-electron chi connectivity index (χ0n) is 33.9. The zero-order valence-corrected chi connectivity index (χ0v) is 34.7. The second-order valence-corrected chi connectivity index (χ2v) is 17.7. The smallest absolute Gasteiger partial charge is 0.238 e. The van der Waals surface area contributed by atoms with Crippen LogP contribution >= 0.6 is 11.3 Å². The van der Waals surface area contributed by atoms with Gasteiger partial charge < -0.3 is 4.57 Å². The van der Waals surface area contributed by atoms with E-state index >= 15 is 0 Å². The lowest BCUT2D eigenvalue weighted by molar-refractivity contribution is 0.660. The Balaban J connectivity index is 1.13. The molecule has 7 heteroatoms. The predicted molar refractivity (Wildman–Crippen MR) is 256 cm³/mol. The summed E-state index contributed by atoms with van der Waals surface area (Å²) in [7, 11) is 0. The minimum absolute atomic E-state index is 0.150. The molecule has 13 rings (SSSR count). The van der Waals surface area contributed by atoms with E-state index in [1.165, 1.54) is 33.0 Å². The Bertz CT molecular complexity index is 3780. The van der Waals surface area contributed by atoms with E-state index in [-0.39, 0.29) is 5.41 Å². The van der Waals surface area contributed by atoms with Crippen LogP contribution < -0.4 is 0 Å². The zero-order chi connectivity index (χ0) is 41.1. The molecule has 0 spiro atoms. The molecule has 0 unspecified atom stereocenters. The monoisotopic (exact) mass is 812 g/mol. The minimum atomic E-state index is -0.150. The second kappa shape index (κ2) is 13.1. The molecule has 4 heterocycles. The Morgan fingerprint density at radius 1 is 0.435 bits per heavy atom. The maximum Gasteiger partial charge on any atom is 0.238 e. The highest BCUT2D eigenvalue weighted by Crippen LogP contribution is 2.50. The Labute approximate surface area is 361 Å². The summed E-state index contributed by atoms with van der Waals surface area (Å²) in [6.07, 6.45) is 0. The van der Waals surface area contributed by atoms with Gasteiger partial charge in [-0.2, -0.15) is 9.97 Å². The number of para-hydroxylation sites is 2. The van der Waals surface area contributed by atoms with Crippen molar-refractivity contribution in [1.82, 2.24) is 29.1 Å². The average molecular weight is 813 g/mol. The standard InChI is InChI=1S/C55H36N6S/c1-55(2)43-24-12-9-20-36(43)37-29-28-35(32-44(37)55)60-46-26-13-10-21-38(46)40-30-31-41-39-22-11-14-27-47(39)61(49(41)48(40)60)54-58-51(33-16-5-3-6-17-33)57-52(59-54)42-23-15-25-45-50(42)62-53(56-45)34-18-7-4-8-19-34/h3-32H,1-2H3. The lowest BCUT2D eigenvalue weighted by Gasteiger charge is -2.22. The van der Waals surface area contributed by atoms with Gasteiger partial charge in [0.15, 0.2) is 11.6 Å². The van der Waals surface area contributed by atoms with Crippen molar-refractivity contribution in [3.05, 3.63) is 193 Å². The number of aromatic nitrogens is 6. The van der Waals surface area contributed by atoms with Crippen LogP contribution in [0.25, 0.3) is 110 Å². The summed E-state index contributed by atoms with van der Waals surface area (Å²) in [4.78, 5) is 21.2. The van der Waals surface area contributed by atoms with Crippen molar-refractivity contribution in [2.45, 2.75) is 19.3 Å². The maximum absolute atomic E-state index is 5.47. The molecule has 62 heavy (non-hydrogen) atoms. The van der Waals surface area contributed by atoms with Gasteiger partial charge in [-0.15, -0.1) is 11.3 Å². The first-order valence-corrected chi connectivity index (χ1v) is 21.8. The molecule has 0 aliphatic heterocycles. The van der Waals surface area contributed by atoms with Crippen LogP contribution in [0.15, 0.2) is 182 Å². The van der Waals surface area contributed by atoms with Gasteiger partial charge in [-0.1, -0.05) is 159 Å². The van der Waals surface area contributed by atoms with Crippen LogP contribution in [0.3, 0.4) is 0 Å². The predicted octanol–water partition coefficient (Wildman–Crippen LogP) is 14.0. The highest BCUT2D eigenvalue weighted by atomic mass is 32.1. The summed E-state index contributed by atoms with van der Waals surface area (Å²) in [5, 5.41) is 5.58. The third-order valence-electron chi connectivity index (χ3n) is 12.8. The molecule has 4 aromatic heterocycles. The molecule has 0 radical (unpaired) electrons. The van der Waals surface area contributed by atoms with Gasteiger partial charge in [-0.3, -0.25) is 4.57 Å². The molecule has 0 saturated carbocycles. The summed E-state index contributed by atoms with van der Waals surface area (Å²) in [5.41, 5.74) is 14.4. The second-order valence-electron chi connectivity index (χ2n) is 16.7. The van der Waals surface area contributed by atoms with Crippen molar-refractivity contribution < 1.29 is 0 Å². The number of rotatable bonds is 5. The van der Waals surface area contributed by atoms with Crippen molar-refractivity contribution in [3.63, 3.8) is 0 Å². The van der Waals surface area contributed by atoms with Gasteiger partial charge in [0.05, 0.1) is 32.3 Å². The van der Waals surface area contributed by atoms with E-state index in [4.69, 9.17) is 19.9 Å². The summed E-state index contributed by atoms with van der Waals surface area (Å²) in [6, 6.07) is 64.7. The van der Waals surface area contributed by atoms with Crippen LogP contribution in [0.5, 0.6) is 0 Å². The molecular formula is C55H36N6S. The fourth-order valence-corrected chi connectivity index (χ4v) is 11.0. The quantitative estimate of drug-likeness (QED) is 0.174. The van der Waals surface area contributed by atoms with Crippen molar-refractivity contribution in [3.8, 4) is 56.1 Å². The number of thiazole rings is 1. The summed E-state index contributed by atoms with van der Waals surface area (Å²) in [6.45, 7) is 4.70. The fourth-order valence-electron chi connectivity index (χ4n) is 9.94. The molecule has 0 saturated heterocycles. The summed E-state index contributed by atoms with van der Waals surface area (Å²) < 4.78 is 5.77. The molecule has 0 N–H and O–H groups in total. The van der Waals surface area contributed by atoms with Crippen LogP contribution in [-0.2, 0) is 5.41 Å². The minimum Gasteiger partial charge on any atom is -0.307 e. The average Bonchev–Trinajstić information content (AvgIpc) is 4.07. The molecule has 0 fully saturated rings. The van der Waals surface area contributed by atoms with E-state index in [1.54, 1.807) is 11.3 Å². The molecule has 292 valence electrons. The molecule has 0 atom stereocenters. The largest absolute Gasteiger partial charge is 0.307 e. The molecule has 0 amide bonds. The number of hydrogen-bond acceptors (Lipinski definition) is 5. The van der Waals surface area contributed by atoms with Gasteiger partial charge in [0.25, 0.3) is 0 Å². The number of nitrogens with zero attached hydrogens (tertiary/aromatic N) is 6. The number of benzene rings is 8. The summed E-state index contributed by atoms with van der Waals surface area (Å²) >= 11 is 1.67. The lowest BCUT2D eigenvalue weighted by atomic mass is 9.82. The number of hydrogen-bond donors (Lipinski definition) is 0. The maximum atomic E-state index is 5.47. The van der Waals surface area contributed by atoms with E-state index in [0.29, 0.717) is 17.6 Å². The molecule has 0 bridgehead atoms. The molecule has 8 aromatic carbocycles. The van der Waals surface area contributed by atoms with Gasteiger partial charge in [0.1, 0.15) is 5.01 Å². The van der Waals surface area contributed by atoms with Gasteiger partial charge in [0.2, 0.25) is 5.95 Å². The Hall–Kier alpha value is -7.74. The topological polar surface area (TPSA) is 61.4 Å². The van der Waals surface area contributed by atoms with E-state index in [1.807, 2.05) is 24.3 Å². The molecule has 12 aromatic rings. The van der Waals surface area contributed by atoms with E-state index in [9.17, 15) is 0 Å². The first-order valence-electron chi connectivity index (χ1n) is 21.0. The third kappa shape index (κ3) is 5.03. The van der Waals surface area contributed by atoms with Crippen molar-refractivity contribution in [2.75, 3.05) is 0 Å². The normalized spacial score (nSPS) is 13.1. The first-order chi connectivity index (χ1) is 30.5. The Morgan fingerprint density at radius 2 is 1.03 bits per heavy atom. The van der Waals surface area contributed by atoms with Crippen LogP contribution in [0.2, 0.25) is 0 Å². The van der Waals surface area contributed by atoms with Crippen molar-refractivity contribution in [1.29, 1.82) is 0 Å². The van der Waals surface area contributed by atoms with Crippen LogP contribution in [-0.4, -0.2) is 29.1 Å². The van der Waals surface area contributed by atoms with E-state index < -0.39 is 0 Å². The van der Waals surface area contributed by atoms with Crippen LogP contribution in [0, 0.1) is 0 Å². The molecule has 6 nitrogen and oxygen atoms in total. The Morgan fingerprint density at radius 3 is 1.79 bits per heavy atom. The van der Waals surface area contributed by atoms with Crippen molar-refractivity contribution in [2.24, 2.45) is 0 Å². The highest BCUT2D eigenvalue weighted by molar-refractivity contribution is 7.22. The van der Waals surface area contributed by atoms with Gasteiger partial charge in [-0.05, 0) is 58.7 Å². The van der Waals surface area contributed by atoms with Gasteiger partial charge in [0, 0.05) is 49.3 Å². The molecule has 1 aliphatic rings. The fraction of sp³-hybridized carbons (Fsp3) is 0.0545. The van der Waals surface area contributed by atoms with Crippen LogP contribution in [0.1, 0.15) is 25.0 Å². The highest BCUT2D eigenvalue weighted by Gasteiger charge is 2.35. The van der Waals surface area contributed by atoms with Gasteiger partial charge in [-0.25, -0.2) is 9.97 Å². The van der Waals surface area contributed by atoms with Crippen molar-refractivity contribution >= 4 is 65.2 Å². The molecular weight excluding hydrogens is 777 g/mol. The third-order valence-corrected chi connectivity index (χ3v) is 14.0. The lowest BCUT2D eigenvalue weighted by Crippen LogP contribution is -2.15. The number of fused-ring (bicyclic) bond motifs is 11. The Kier molecular flexibility index (Phi) is 7.42. The van der Waals surface area contributed by atoms with Crippen LogP contribution in [0.4, 0.5) is 0 Å². The SMILES string of the molecule is CC1(C)c2ccccc2-c2ccc(-n3c4ccccc4c4ccc5c6ccccc6n(-c6nc(-c7ccccc7)nc(-c7cccc8nc(-c9ccccc9)sc78)n6)c5c43)cc21. The first kappa shape index (κ1) is 35.1.